The summed E-state index contributed by atoms with van der Waals surface area (Å²) < 4.78 is 0. The standard InChI is InChI=1S/C17H24ClN3.CH4/c1-12-11-20-15-10-13(18)6-7-14(15)16(12)19-8-5-9-21-17(2,3)4;/h6-7,10-11,21H,5,8-9H2,1-4H3,(H,19,20);1H4. The molecule has 2 aromatic rings. The Labute approximate surface area is 139 Å². The quantitative estimate of drug-likeness (QED) is 0.759. The lowest BCUT2D eigenvalue weighted by Gasteiger charge is -2.20. The van der Waals surface area contributed by atoms with Crippen molar-refractivity contribution in [1.82, 2.24) is 10.3 Å². The molecule has 122 valence electrons. The number of rotatable bonds is 5. The highest BCUT2D eigenvalue weighted by molar-refractivity contribution is 6.31. The zero-order chi connectivity index (χ0) is 15.5. The van der Waals surface area contributed by atoms with Crippen molar-refractivity contribution in [2.45, 2.75) is 47.1 Å². The predicted octanol–water partition coefficient (Wildman–Crippen LogP) is 5.02. The molecule has 0 aliphatic heterocycles. The van der Waals surface area contributed by atoms with Crippen LogP contribution in [0.25, 0.3) is 10.9 Å². The normalized spacial score (nSPS) is 11.3. The van der Waals surface area contributed by atoms with Gasteiger partial charge in [0.05, 0.1) is 5.52 Å². The molecule has 3 nitrogen and oxygen atoms in total. The lowest BCUT2D eigenvalue weighted by Crippen LogP contribution is -2.36. The summed E-state index contributed by atoms with van der Waals surface area (Å²) in [4.78, 5) is 4.44. The van der Waals surface area contributed by atoms with E-state index < -0.39 is 0 Å². The van der Waals surface area contributed by atoms with Crippen LogP contribution in [0.15, 0.2) is 24.4 Å². The number of nitrogens with one attached hydrogen (secondary N) is 2. The number of halogens is 1. The molecule has 2 N–H and O–H groups in total. The van der Waals surface area contributed by atoms with Crippen molar-refractivity contribution in [1.29, 1.82) is 0 Å². The maximum atomic E-state index is 6.03. The lowest BCUT2D eigenvalue weighted by atomic mass is 10.1. The van der Waals surface area contributed by atoms with Gasteiger partial charge in [0, 0.05) is 34.4 Å². The molecule has 0 bridgehead atoms. The molecule has 0 saturated carbocycles. The molecule has 2 rings (SSSR count). The van der Waals surface area contributed by atoms with E-state index in [1.54, 1.807) is 0 Å². The molecule has 1 heterocycles. The average molecular weight is 322 g/mol. The van der Waals surface area contributed by atoms with Crippen molar-refractivity contribution in [3.05, 3.63) is 35.0 Å². The summed E-state index contributed by atoms with van der Waals surface area (Å²) in [5.74, 6) is 0. The van der Waals surface area contributed by atoms with E-state index in [4.69, 9.17) is 11.6 Å². The van der Waals surface area contributed by atoms with Gasteiger partial charge in [0.15, 0.2) is 0 Å². The van der Waals surface area contributed by atoms with E-state index in [0.29, 0.717) is 0 Å². The highest BCUT2D eigenvalue weighted by Gasteiger charge is 2.08. The Morgan fingerprint density at radius 1 is 1.18 bits per heavy atom. The summed E-state index contributed by atoms with van der Waals surface area (Å²) in [5.41, 5.74) is 3.43. The first kappa shape index (κ1) is 18.7. The minimum absolute atomic E-state index is 0. The van der Waals surface area contributed by atoms with Gasteiger partial charge in [0.1, 0.15) is 0 Å². The van der Waals surface area contributed by atoms with Gasteiger partial charge in [-0.25, -0.2) is 0 Å². The molecule has 1 aromatic carbocycles. The Kier molecular flexibility index (Phi) is 6.64. The predicted molar refractivity (Wildman–Crippen MR) is 99.1 cm³/mol. The smallest absolute Gasteiger partial charge is 0.0737 e. The van der Waals surface area contributed by atoms with Crippen molar-refractivity contribution in [3.8, 4) is 0 Å². The number of nitrogens with zero attached hydrogens (tertiary/aromatic N) is 1. The second kappa shape index (κ2) is 7.80. The van der Waals surface area contributed by atoms with Gasteiger partial charge in [-0.2, -0.15) is 0 Å². The molecule has 0 aliphatic carbocycles. The Bertz CT molecular complexity index is 617. The molecule has 0 saturated heterocycles. The molecule has 0 spiro atoms. The summed E-state index contributed by atoms with van der Waals surface area (Å²) in [6.45, 7) is 10.6. The van der Waals surface area contributed by atoms with Crippen LogP contribution < -0.4 is 10.6 Å². The molecular formula is C18H28ClN3. The minimum Gasteiger partial charge on any atom is -0.384 e. The average Bonchev–Trinajstić information content (AvgIpc) is 2.39. The van der Waals surface area contributed by atoms with Crippen LogP contribution in [0.3, 0.4) is 0 Å². The van der Waals surface area contributed by atoms with Gasteiger partial charge in [0.2, 0.25) is 0 Å². The van der Waals surface area contributed by atoms with Crippen LogP contribution in [-0.4, -0.2) is 23.6 Å². The van der Waals surface area contributed by atoms with Crippen LogP contribution >= 0.6 is 11.6 Å². The Hall–Kier alpha value is -1.32. The Morgan fingerprint density at radius 3 is 2.59 bits per heavy atom. The van der Waals surface area contributed by atoms with Crippen molar-refractivity contribution in [2.75, 3.05) is 18.4 Å². The number of pyridine rings is 1. The molecule has 4 heteroatoms. The largest absolute Gasteiger partial charge is 0.384 e. The van der Waals surface area contributed by atoms with Crippen LogP contribution in [0.5, 0.6) is 0 Å². The third-order valence-electron chi connectivity index (χ3n) is 3.33. The van der Waals surface area contributed by atoms with Gasteiger partial charge in [-0.15, -0.1) is 0 Å². The molecule has 22 heavy (non-hydrogen) atoms. The molecule has 0 radical (unpaired) electrons. The van der Waals surface area contributed by atoms with E-state index in [2.05, 4.69) is 43.3 Å². The van der Waals surface area contributed by atoms with Crippen LogP contribution in [-0.2, 0) is 0 Å². The molecule has 0 fully saturated rings. The highest BCUT2D eigenvalue weighted by Crippen LogP contribution is 2.27. The molecule has 1 aromatic heterocycles. The SMILES string of the molecule is C.Cc1cnc2cc(Cl)ccc2c1NCCCNC(C)(C)C. The molecule has 0 atom stereocenters. The summed E-state index contributed by atoms with van der Waals surface area (Å²) >= 11 is 6.03. The van der Waals surface area contributed by atoms with E-state index in [0.717, 1.165) is 46.7 Å². The highest BCUT2D eigenvalue weighted by atomic mass is 35.5. The van der Waals surface area contributed by atoms with Crippen molar-refractivity contribution in [3.63, 3.8) is 0 Å². The number of fused-ring (bicyclic) bond motifs is 1. The summed E-state index contributed by atoms with van der Waals surface area (Å²) in [5, 5.41) is 8.89. The third-order valence-corrected chi connectivity index (χ3v) is 3.57. The van der Waals surface area contributed by atoms with Crippen LogP contribution in [0, 0.1) is 6.92 Å². The van der Waals surface area contributed by atoms with Gasteiger partial charge < -0.3 is 10.6 Å². The first-order valence-electron chi connectivity index (χ1n) is 7.40. The van der Waals surface area contributed by atoms with Gasteiger partial charge in [-0.1, -0.05) is 19.0 Å². The summed E-state index contributed by atoms with van der Waals surface area (Å²) in [7, 11) is 0. The maximum absolute atomic E-state index is 6.03. The fraction of sp³-hybridized carbons (Fsp3) is 0.500. The van der Waals surface area contributed by atoms with Crippen molar-refractivity contribution < 1.29 is 0 Å². The maximum Gasteiger partial charge on any atom is 0.0737 e. The monoisotopic (exact) mass is 321 g/mol. The molecule has 0 unspecified atom stereocenters. The van der Waals surface area contributed by atoms with Gasteiger partial charge in [-0.05, 0) is 64.4 Å². The van der Waals surface area contributed by atoms with Crippen LogP contribution in [0.2, 0.25) is 5.02 Å². The van der Waals surface area contributed by atoms with Gasteiger partial charge in [0.25, 0.3) is 0 Å². The van der Waals surface area contributed by atoms with Gasteiger partial charge in [-0.3, -0.25) is 4.98 Å². The summed E-state index contributed by atoms with van der Waals surface area (Å²) in [6.07, 6.45) is 2.97. The number of aryl methyl sites for hydroxylation is 1. The second-order valence-corrected chi connectivity index (χ2v) is 6.87. The second-order valence-electron chi connectivity index (χ2n) is 6.43. The van der Waals surface area contributed by atoms with Crippen LogP contribution in [0.4, 0.5) is 5.69 Å². The fourth-order valence-corrected chi connectivity index (χ4v) is 2.43. The van der Waals surface area contributed by atoms with E-state index in [-0.39, 0.29) is 13.0 Å². The fourth-order valence-electron chi connectivity index (χ4n) is 2.27. The van der Waals surface area contributed by atoms with Gasteiger partial charge >= 0.3 is 0 Å². The van der Waals surface area contributed by atoms with Crippen molar-refractivity contribution in [2.24, 2.45) is 0 Å². The third kappa shape index (κ3) is 5.15. The Morgan fingerprint density at radius 2 is 1.91 bits per heavy atom. The minimum atomic E-state index is 0. The molecule has 0 amide bonds. The zero-order valence-corrected chi connectivity index (χ0v) is 14.0. The number of hydrogen-bond acceptors (Lipinski definition) is 3. The first-order valence-corrected chi connectivity index (χ1v) is 7.78. The number of aromatic nitrogens is 1. The Balaban J connectivity index is 0.00000242. The van der Waals surface area contributed by atoms with E-state index in [1.807, 2.05) is 24.4 Å². The van der Waals surface area contributed by atoms with E-state index in [1.165, 1.54) is 0 Å². The zero-order valence-electron chi connectivity index (χ0n) is 13.3. The topological polar surface area (TPSA) is 37.0 Å². The molecular weight excluding hydrogens is 294 g/mol. The van der Waals surface area contributed by atoms with E-state index >= 15 is 0 Å². The molecule has 0 aliphatic rings. The first-order chi connectivity index (χ1) is 9.87. The van der Waals surface area contributed by atoms with E-state index in [9.17, 15) is 0 Å². The van der Waals surface area contributed by atoms with Crippen LogP contribution in [0.1, 0.15) is 40.2 Å². The summed E-state index contributed by atoms with van der Waals surface area (Å²) in [6, 6.07) is 5.85. The van der Waals surface area contributed by atoms with Crippen molar-refractivity contribution >= 4 is 28.2 Å². The lowest BCUT2D eigenvalue weighted by molar-refractivity contribution is 0.425. The number of hydrogen-bond donors (Lipinski definition) is 2. The number of anilines is 1. The number of benzene rings is 1.